The number of nitrogens with zero attached hydrogens (tertiary/aromatic N) is 1. The monoisotopic (exact) mass is 528 g/mol. The third-order valence-electron chi connectivity index (χ3n) is 5.58. The highest BCUT2D eigenvalue weighted by Crippen LogP contribution is 2.16. The van der Waals surface area contributed by atoms with E-state index in [4.69, 9.17) is 4.74 Å². The van der Waals surface area contributed by atoms with Crippen LogP contribution in [0, 0.1) is 0 Å². The Balaban J connectivity index is 1.55. The number of carbonyl (C=O) groups is 2. The third-order valence-corrected chi connectivity index (χ3v) is 6.11. The van der Waals surface area contributed by atoms with Crippen molar-refractivity contribution in [2.24, 2.45) is 5.10 Å². The van der Waals surface area contributed by atoms with E-state index in [-0.39, 0.29) is 5.91 Å². The SMILES string of the molecule is CCCCCCCCCCCCCC(=O)N/N=C/c1ccc(OC(=O)c2ccc(Br)cc2)cc1. The average Bonchev–Trinajstić information content (AvgIpc) is 2.84. The standard InChI is InChI=1S/C28H37BrN2O3/c1-2-3-4-5-6-7-8-9-10-11-12-13-27(32)31-30-22-23-14-20-26(21-15-23)34-28(33)24-16-18-25(29)19-17-24/h14-22H,2-13H2,1H3,(H,31,32)/b30-22+. The normalized spacial score (nSPS) is 11.0. The molecule has 0 bridgehead atoms. The molecule has 0 saturated carbocycles. The van der Waals surface area contributed by atoms with Crippen LogP contribution in [0.25, 0.3) is 0 Å². The van der Waals surface area contributed by atoms with Gasteiger partial charge in [0.05, 0.1) is 11.8 Å². The molecule has 0 aromatic heterocycles. The van der Waals surface area contributed by atoms with Crippen LogP contribution in [0.3, 0.4) is 0 Å². The minimum Gasteiger partial charge on any atom is -0.423 e. The molecule has 1 N–H and O–H groups in total. The third kappa shape index (κ3) is 12.1. The Hall–Kier alpha value is -2.47. The summed E-state index contributed by atoms with van der Waals surface area (Å²) in [5.41, 5.74) is 3.87. The maximum Gasteiger partial charge on any atom is 0.343 e. The lowest BCUT2D eigenvalue weighted by molar-refractivity contribution is -0.121. The van der Waals surface area contributed by atoms with Gasteiger partial charge in [-0.3, -0.25) is 4.79 Å². The van der Waals surface area contributed by atoms with Crippen LogP contribution in [0.4, 0.5) is 0 Å². The highest BCUT2D eigenvalue weighted by Gasteiger charge is 2.08. The molecule has 0 fully saturated rings. The van der Waals surface area contributed by atoms with E-state index < -0.39 is 5.97 Å². The molecule has 0 aliphatic heterocycles. The quantitative estimate of drug-likeness (QED) is 0.0793. The number of benzene rings is 2. The number of rotatable bonds is 16. The fraction of sp³-hybridized carbons (Fsp3) is 0.464. The van der Waals surface area contributed by atoms with Crippen molar-refractivity contribution < 1.29 is 14.3 Å². The molecule has 0 atom stereocenters. The van der Waals surface area contributed by atoms with Crippen LogP contribution >= 0.6 is 15.9 Å². The molecular formula is C28H37BrN2O3. The van der Waals surface area contributed by atoms with Gasteiger partial charge in [-0.05, 0) is 60.5 Å². The predicted octanol–water partition coefficient (Wildman–Crippen LogP) is 7.82. The van der Waals surface area contributed by atoms with E-state index in [1.807, 2.05) is 0 Å². The zero-order chi connectivity index (χ0) is 24.4. The second kappa shape index (κ2) is 17.0. The topological polar surface area (TPSA) is 67.8 Å². The molecule has 0 aliphatic rings. The van der Waals surface area contributed by atoms with E-state index in [0.717, 1.165) is 22.9 Å². The van der Waals surface area contributed by atoms with Gasteiger partial charge < -0.3 is 4.74 Å². The van der Waals surface area contributed by atoms with Gasteiger partial charge in [-0.2, -0.15) is 5.10 Å². The van der Waals surface area contributed by atoms with Crippen molar-refractivity contribution in [2.45, 2.75) is 84.0 Å². The summed E-state index contributed by atoms with van der Waals surface area (Å²) in [7, 11) is 0. The highest BCUT2D eigenvalue weighted by molar-refractivity contribution is 9.10. The number of hydrogen-bond donors (Lipinski definition) is 1. The first kappa shape index (κ1) is 27.8. The number of hydrazone groups is 1. The Morgan fingerprint density at radius 2 is 1.38 bits per heavy atom. The summed E-state index contributed by atoms with van der Waals surface area (Å²) in [6, 6.07) is 14.0. The number of carbonyl (C=O) groups excluding carboxylic acids is 2. The molecule has 2 aromatic carbocycles. The van der Waals surface area contributed by atoms with Gasteiger partial charge >= 0.3 is 5.97 Å². The van der Waals surface area contributed by atoms with E-state index in [0.29, 0.717) is 17.7 Å². The van der Waals surface area contributed by atoms with Crippen LogP contribution in [0.1, 0.15) is 99.9 Å². The van der Waals surface area contributed by atoms with Crippen molar-refractivity contribution in [3.63, 3.8) is 0 Å². The van der Waals surface area contributed by atoms with Crippen molar-refractivity contribution in [1.82, 2.24) is 5.43 Å². The van der Waals surface area contributed by atoms with Crippen LogP contribution in [-0.4, -0.2) is 18.1 Å². The van der Waals surface area contributed by atoms with Gasteiger partial charge in [0.2, 0.25) is 5.91 Å². The number of ether oxygens (including phenoxy) is 1. The average molecular weight is 530 g/mol. The fourth-order valence-electron chi connectivity index (χ4n) is 3.56. The lowest BCUT2D eigenvalue weighted by atomic mass is 10.1. The molecule has 0 saturated heterocycles. The minimum absolute atomic E-state index is 0.0628. The minimum atomic E-state index is -0.413. The van der Waals surface area contributed by atoms with E-state index >= 15 is 0 Å². The number of esters is 1. The molecule has 34 heavy (non-hydrogen) atoms. The first-order valence-corrected chi connectivity index (χ1v) is 13.3. The Labute approximate surface area is 212 Å². The highest BCUT2D eigenvalue weighted by atomic mass is 79.9. The van der Waals surface area contributed by atoms with E-state index in [1.54, 1.807) is 54.7 Å². The molecule has 0 heterocycles. The van der Waals surface area contributed by atoms with Gasteiger partial charge in [0, 0.05) is 10.9 Å². The Morgan fingerprint density at radius 1 is 0.824 bits per heavy atom. The zero-order valence-corrected chi connectivity index (χ0v) is 21.8. The molecule has 0 unspecified atom stereocenters. The molecule has 0 radical (unpaired) electrons. The summed E-state index contributed by atoms with van der Waals surface area (Å²) >= 11 is 3.34. The number of hydrogen-bond acceptors (Lipinski definition) is 4. The van der Waals surface area contributed by atoms with Crippen LogP contribution in [0.2, 0.25) is 0 Å². The van der Waals surface area contributed by atoms with Crippen LogP contribution in [-0.2, 0) is 4.79 Å². The summed E-state index contributed by atoms with van der Waals surface area (Å²) in [4.78, 5) is 24.1. The number of halogens is 1. The molecule has 2 aromatic rings. The van der Waals surface area contributed by atoms with Crippen molar-refractivity contribution in [3.05, 3.63) is 64.1 Å². The van der Waals surface area contributed by atoms with E-state index in [9.17, 15) is 9.59 Å². The van der Waals surface area contributed by atoms with Gasteiger partial charge in [0.15, 0.2) is 0 Å². The van der Waals surface area contributed by atoms with E-state index in [2.05, 4.69) is 33.4 Å². The second-order valence-electron chi connectivity index (χ2n) is 8.54. The maximum atomic E-state index is 12.2. The van der Waals surface area contributed by atoms with Crippen LogP contribution in [0.15, 0.2) is 58.1 Å². The molecule has 1 amide bonds. The lowest BCUT2D eigenvalue weighted by Crippen LogP contribution is -2.16. The molecule has 184 valence electrons. The molecule has 2 rings (SSSR count). The Morgan fingerprint density at radius 3 is 1.97 bits per heavy atom. The predicted molar refractivity (Wildman–Crippen MR) is 142 cm³/mol. The summed E-state index contributed by atoms with van der Waals surface area (Å²) < 4.78 is 6.28. The summed E-state index contributed by atoms with van der Waals surface area (Å²) in [6.07, 6.45) is 16.0. The molecule has 6 heteroatoms. The maximum absolute atomic E-state index is 12.2. The Kier molecular flexibility index (Phi) is 13.9. The molecule has 0 spiro atoms. The summed E-state index contributed by atoms with van der Waals surface area (Å²) in [5, 5.41) is 4.02. The van der Waals surface area contributed by atoms with Crippen LogP contribution < -0.4 is 10.2 Å². The van der Waals surface area contributed by atoms with Gasteiger partial charge in [0.1, 0.15) is 5.75 Å². The van der Waals surface area contributed by atoms with Crippen molar-refractivity contribution >= 4 is 34.0 Å². The van der Waals surface area contributed by atoms with Gasteiger partial charge in [0.25, 0.3) is 0 Å². The Bertz CT molecular complexity index is 880. The molecule has 5 nitrogen and oxygen atoms in total. The lowest BCUT2D eigenvalue weighted by Gasteiger charge is -2.05. The number of unbranched alkanes of at least 4 members (excludes halogenated alkanes) is 10. The smallest absolute Gasteiger partial charge is 0.343 e. The first-order chi connectivity index (χ1) is 16.6. The fourth-order valence-corrected chi connectivity index (χ4v) is 3.82. The van der Waals surface area contributed by atoms with Crippen molar-refractivity contribution in [3.8, 4) is 5.75 Å². The molecular weight excluding hydrogens is 492 g/mol. The van der Waals surface area contributed by atoms with Crippen LogP contribution in [0.5, 0.6) is 5.75 Å². The summed E-state index contributed by atoms with van der Waals surface area (Å²) in [6.45, 7) is 2.25. The summed E-state index contributed by atoms with van der Waals surface area (Å²) in [5.74, 6) is -0.0265. The molecule has 0 aliphatic carbocycles. The second-order valence-corrected chi connectivity index (χ2v) is 9.46. The number of amides is 1. The number of nitrogens with one attached hydrogen (secondary N) is 1. The van der Waals surface area contributed by atoms with E-state index in [1.165, 1.54) is 57.8 Å². The van der Waals surface area contributed by atoms with Gasteiger partial charge in [-0.15, -0.1) is 0 Å². The van der Waals surface area contributed by atoms with Crippen molar-refractivity contribution in [1.29, 1.82) is 0 Å². The zero-order valence-electron chi connectivity index (χ0n) is 20.2. The van der Waals surface area contributed by atoms with Crippen molar-refractivity contribution in [2.75, 3.05) is 0 Å². The largest absolute Gasteiger partial charge is 0.423 e. The first-order valence-electron chi connectivity index (χ1n) is 12.5. The van der Waals surface area contributed by atoms with Gasteiger partial charge in [-0.25, -0.2) is 10.2 Å². The van der Waals surface area contributed by atoms with Gasteiger partial charge in [-0.1, -0.05) is 87.1 Å².